The molecular formula is C21H24NO3P. The highest BCUT2D eigenvalue weighted by atomic mass is 31.2. The molecule has 0 fully saturated rings. The van der Waals surface area contributed by atoms with Gasteiger partial charge in [-0.2, -0.15) is 0 Å². The summed E-state index contributed by atoms with van der Waals surface area (Å²) in [5.74, 6) is 2.04. The van der Waals surface area contributed by atoms with Gasteiger partial charge < -0.3 is 9.05 Å². The van der Waals surface area contributed by atoms with E-state index < -0.39 is 13.4 Å². The van der Waals surface area contributed by atoms with Crippen LogP contribution < -0.4 is 0 Å². The van der Waals surface area contributed by atoms with E-state index >= 15 is 0 Å². The van der Waals surface area contributed by atoms with E-state index in [0.29, 0.717) is 13.1 Å². The summed E-state index contributed by atoms with van der Waals surface area (Å²) < 4.78 is 23.7. The molecule has 0 saturated carbocycles. The van der Waals surface area contributed by atoms with Crippen molar-refractivity contribution in [2.45, 2.75) is 12.3 Å². The van der Waals surface area contributed by atoms with Crippen LogP contribution in [0, 0.1) is 12.3 Å². The number of benzene rings is 2. The minimum absolute atomic E-state index is 0.315. The van der Waals surface area contributed by atoms with E-state index in [0.717, 1.165) is 11.1 Å². The SMILES string of the molecule is C#CCN(Cc1ccccc1)C(/C=C/c1ccccc1)P(=O)(OC)OC. The molecule has 0 aromatic heterocycles. The summed E-state index contributed by atoms with van der Waals surface area (Å²) in [6.45, 7) is 0.848. The average molecular weight is 369 g/mol. The molecule has 0 N–H and O–H groups in total. The Morgan fingerprint density at radius 2 is 1.65 bits per heavy atom. The molecule has 0 amide bonds. The zero-order chi connectivity index (χ0) is 18.8. The summed E-state index contributed by atoms with van der Waals surface area (Å²) in [4.78, 5) is 1.92. The highest BCUT2D eigenvalue weighted by Gasteiger charge is 2.36. The van der Waals surface area contributed by atoms with Crippen molar-refractivity contribution in [1.82, 2.24) is 4.90 Å². The van der Waals surface area contributed by atoms with Gasteiger partial charge in [0.25, 0.3) is 0 Å². The fourth-order valence-electron chi connectivity index (χ4n) is 2.66. The summed E-state index contributed by atoms with van der Waals surface area (Å²) in [5, 5.41) is 0. The maximum atomic E-state index is 13.2. The van der Waals surface area contributed by atoms with Gasteiger partial charge in [-0.15, -0.1) is 6.42 Å². The van der Waals surface area contributed by atoms with E-state index in [-0.39, 0.29) is 0 Å². The van der Waals surface area contributed by atoms with Crippen molar-refractivity contribution >= 4 is 13.7 Å². The van der Waals surface area contributed by atoms with Gasteiger partial charge in [-0.25, -0.2) is 0 Å². The highest BCUT2D eigenvalue weighted by molar-refractivity contribution is 7.54. The van der Waals surface area contributed by atoms with Crippen LogP contribution in [-0.4, -0.2) is 31.4 Å². The Morgan fingerprint density at radius 1 is 1.08 bits per heavy atom. The molecule has 1 atom stereocenters. The molecule has 4 nitrogen and oxygen atoms in total. The molecule has 0 bridgehead atoms. The molecule has 0 spiro atoms. The lowest BCUT2D eigenvalue weighted by Gasteiger charge is -2.31. The van der Waals surface area contributed by atoms with Crippen LogP contribution in [0.15, 0.2) is 66.7 Å². The van der Waals surface area contributed by atoms with Crippen LogP contribution in [0.2, 0.25) is 0 Å². The van der Waals surface area contributed by atoms with Gasteiger partial charge in [-0.05, 0) is 11.1 Å². The van der Waals surface area contributed by atoms with Crippen LogP contribution in [0.5, 0.6) is 0 Å². The highest BCUT2D eigenvalue weighted by Crippen LogP contribution is 2.53. The quantitative estimate of drug-likeness (QED) is 0.477. The first-order valence-electron chi connectivity index (χ1n) is 8.29. The molecule has 0 aliphatic heterocycles. The van der Waals surface area contributed by atoms with E-state index in [1.165, 1.54) is 14.2 Å². The summed E-state index contributed by atoms with van der Waals surface area (Å²) in [5.41, 5.74) is 2.07. The lowest BCUT2D eigenvalue weighted by Crippen LogP contribution is -2.34. The largest absolute Gasteiger partial charge is 0.351 e. The van der Waals surface area contributed by atoms with Crippen molar-refractivity contribution in [3.05, 3.63) is 77.9 Å². The third-order valence-corrected chi connectivity index (χ3v) is 6.15. The molecule has 26 heavy (non-hydrogen) atoms. The van der Waals surface area contributed by atoms with Crippen molar-refractivity contribution < 1.29 is 13.6 Å². The van der Waals surface area contributed by atoms with E-state index in [2.05, 4.69) is 5.92 Å². The van der Waals surface area contributed by atoms with Gasteiger partial charge in [0, 0.05) is 20.8 Å². The Morgan fingerprint density at radius 3 is 2.19 bits per heavy atom. The van der Waals surface area contributed by atoms with Gasteiger partial charge in [-0.3, -0.25) is 9.46 Å². The summed E-state index contributed by atoms with van der Waals surface area (Å²) in [6, 6.07) is 19.7. The first kappa shape index (κ1) is 20.2. The van der Waals surface area contributed by atoms with Crippen LogP contribution in [0.4, 0.5) is 0 Å². The molecule has 5 heteroatoms. The Bertz CT molecular complexity index is 776. The van der Waals surface area contributed by atoms with Crippen molar-refractivity contribution in [3.8, 4) is 12.3 Å². The summed E-state index contributed by atoms with van der Waals surface area (Å²) in [7, 11) is -0.621. The van der Waals surface area contributed by atoms with E-state index in [4.69, 9.17) is 15.5 Å². The van der Waals surface area contributed by atoms with Gasteiger partial charge in [-0.1, -0.05) is 78.7 Å². The number of rotatable bonds is 9. The second-order valence-electron chi connectivity index (χ2n) is 5.68. The number of hydrogen-bond acceptors (Lipinski definition) is 4. The number of nitrogens with zero attached hydrogens (tertiary/aromatic N) is 1. The molecule has 0 aliphatic rings. The number of hydrogen-bond donors (Lipinski definition) is 0. The Kier molecular flexibility index (Phi) is 7.84. The first-order chi connectivity index (χ1) is 12.6. The van der Waals surface area contributed by atoms with Gasteiger partial charge in [0.1, 0.15) is 5.78 Å². The van der Waals surface area contributed by atoms with Crippen LogP contribution in [0.1, 0.15) is 11.1 Å². The van der Waals surface area contributed by atoms with Crippen molar-refractivity contribution in [1.29, 1.82) is 0 Å². The predicted molar refractivity (Wildman–Crippen MR) is 107 cm³/mol. The molecular weight excluding hydrogens is 345 g/mol. The lowest BCUT2D eigenvalue weighted by atomic mass is 10.2. The Hall–Kier alpha value is -2.15. The van der Waals surface area contributed by atoms with Gasteiger partial charge >= 0.3 is 7.60 Å². The fraction of sp³-hybridized carbons (Fsp3) is 0.238. The number of terminal acetylenes is 1. The molecule has 2 aromatic carbocycles. The van der Waals surface area contributed by atoms with Gasteiger partial charge in [0.05, 0.1) is 6.54 Å². The standard InChI is InChI=1S/C21H24NO3P/c1-4-17-22(18-20-13-9-6-10-14-20)21(26(23,24-2)25-3)16-15-19-11-7-5-8-12-19/h1,5-16,21H,17-18H2,2-3H3/b16-15+. The zero-order valence-electron chi connectivity index (χ0n) is 15.1. The second kappa shape index (κ2) is 10.1. The van der Waals surface area contributed by atoms with Crippen LogP contribution >= 0.6 is 7.60 Å². The lowest BCUT2D eigenvalue weighted by molar-refractivity contribution is 0.216. The fourth-order valence-corrected chi connectivity index (χ4v) is 4.10. The van der Waals surface area contributed by atoms with Crippen molar-refractivity contribution in [2.75, 3.05) is 20.8 Å². The molecule has 136 valence electrons. The van der Waals surface area contributed by atoms with Gasteiger partial charge in [0.2, 0.25) is 0 Å². The minimum Gasteiger partial charge on any atom is -0.311 e. The average Bonchev–Trinajstić information content (AvgIpc) is 2.69. The van der Waals surface area contributed by atoms with E-state index in [1.807, 2.05) is 77.7 Å². The molecule has 0 saturated heterocycles. The molecule has 0 aliphatic carbocycles. The summed E-state index contributed by atoms with van der Waals surface area (Å²) in [6.07, 6.45) is 9.31. The smallest absolute Gasteiger partial charge is 0.311 e. The minimum atomic E-state index is -3.41. The van der Waals surface area contributed by atoms with Crippen molar-refractivity contribution in [3.63, 3.8) is 0 Å². The maximum Gasteiger partial charge on any atom is 0.351 e. The molecule has 1 unspecified atom stereocenters. The summed E-state index contributed by atoms with van der Waals surface area (Å²) >= 11 is 0. The predicted octanol–water partition coefficient (Wildman–Crippen LogP) is 4.65. The molecule has 0 heterocycles. The maximum absolute atomic E-state index is 13.2. The topological polar surface area (TPSA) is 38.8 Å². The molecule has 2 rings (SSSR count). The van der Waals surface area contributed by atoms with Gasteiger partial charge in [0.15, 0.2) is 0 Å². The molecule has 2 aromatic rings. The third kappa shape index (κ3) is 5.42. The Balaban J connectivity index is 2.37. The zero-order valence-corrected chi connectivity index (χ0v) is 16.0. The van der Waals surface area contributed by atoms with Crippen LogP contribution in [0.3, 0.4) is 0 Å². The normalized spacial score (nSPS) is 13.0. The van der Waals surface area contributed by atoms with E-state index in [1.54, 1.807) is 0 Å². The monoisotopic (exact) mass is 369 g/mol. The van der Waals surface area contributed by atoms with E-state index in [9.17, 15) is 4.57 Å². The first-order valence-corrected chi connectivity index (χ1v) is 9.90. The van der Waals surface area contributed by atoms with Crippen LogP contribution in [0.25, 0.3) is 6.08 Å². The van der Waals surface area contributed by atoms with Crippen molar-refractivity contribution in [2.24, 2.45) is 0 Å². The Labute approximate surface area is 156 Å². The molecule has 0 radical (unpaired) electrons. The second-order valence-corrected chi connectivity index (χ2v) is 8.02. The van der Waals surface area contributed by atoms with Crippen LogP contribution in [-0.2, 0) is 20.2 Å². The third-order valence-electron chi connectivity index (χ3n) is 3.99.